The van der Waals surface area contributed by atoms with Gasteiger partial charge < -0.3 is 15.2 Å². The van der Waals surface area contributed by atoms with E-state index in [1.807, 2.05) is 18.2 Å². The standard InChI is InChI=1S/C18H20N2O4S/c19-17-12-15(25(22,23)24-14-9-5-2-6-10-14)11-16(17)18(21)20-13-7-3-1-4-8-13/h1-10,15-17H,11-12,19H2,(H,20,21). The lowest BCUT2D eigenvalue weighted by atomic mass is 10.0. The largest absolute Gasteiger partial charge is 0.382 e. The fourth-order valence-electron chi connectivity index (χ4n) is 2.99. The van der Waals surface area contributed by atoms with Crippen LogP contribution in [0.2, 0.25) is 0 Å². The first-order chi connectivity index (χ1) is 12.0. The Morgan fingerprint density at radius 3 is 2.24 bits per heavy atom. The van der Waals surface area contributed by atoms with Crippen LogP contribution in [0.1, 0.15) is 12.8 Å². The van der Waals surface area contributed by atoms with Crippen molar-refractivity contribution in [2.75, 3.05) is 5.32 Å². The zero-order chi connectivity index (χ0) is 17.9. The third-order valence-corrected chi connectivity index (χ3v) is 5.94. The van der Waals surface area contributed by atoms with Crippen LogP contribution in [-0.2, 0) is 14.9 Å². The van der Waals surface area contributed by atoms with E-state index in [2.05, 4.69) is 5.32 Å². The molecule has 3 N–H and O–H groups in total. The molecule has 0 saturated heterocycles. The summed E-state index contributed by atoms with van der Waals surface area (Å²) in [4.78, 5) is 12.4. The van der Waals surface area contributed by atoms with Gasteiger partial charge in [-0.05, 0) is 37.1 Å². The van der Waals surface area contributed by atoms with Crippen LogP contribution >= 0.6 is 0 Å². The van der Waals surface area contributed by atoms with E-state index in [9.17, 15) is 13.2 Å². The van der Waals surface area contributed by atoms with Crippen LogP contribution in [0.4, 0.5) is 5.69 Å². The first-order valence-corrected chi connectivity index (χ1v) is 9.53. The van der Waals surface area contributed by atoms with Crippen LogP contribution in [0.3, 0.4) is 0 Å². The van der Waals surface area contributed by atoms with E-state index in [0.29, 0.717) is 5.69 Å². The molecule has 2 aromatic carbocycles. The van der Waals surface area contributed by atoms with Gasteiger partial charge in [-0.15, -0.1) is 0 Å². The lowest BCUT2D eigenvalue weighted by molar-refractivity contribution is -0.120. The topological polar surface area (TPSA) is 98.5 Å². The minimum absolute atomic E-state index is 0.148. The van der Waals surface area contributed by atoms with Gasteiger partial charge >= 0.3 is 10.1 Å². The number of amides is 1. The molecular formula is C18H20N2O4S. The van der Waals surface area contributed by atoms with Crippen molar-refractivity contribution < 1.29 is 17.4 Å². The summed E-state index contributed by atoms with van der Waals surface area (Å²) >= 11 is 0. The lowest BCUT2D eigenvalue weighted by Crippen LogP contribution is -2.34. The van der Waals surface area contributed by atoms with Gasteiger partial charge in [-0.2, -0.15) is 8.42 Å². The van der Waals surface area contributed by atoms with Crippen molar-refractivity contribution in [3.8, 4) is 5.75 Å². The zero-order valence-electron chi connectivity index (χ0n) is 13.5. The Kier molecular flexibility index (Phi) is 5.06. The van der Waals surface area contributed by atoms with E-state index < -0.39 is 27.3 Å². The van der Waals surface area contributed by atoms with Crippen LogP contribution in [0.5, 0.6) is 5.75 Å². The maximum Gasteiger partial charge on any atom is 0.312 e. The maximum atomic E-state index is 12.5. The first kappa shape index (κ1) is 17.4. The van der Waals surface area contributed by atoms with E-state index in [1.165, 1.54) is 0 Å². The molecule has 1 saturated carbocycles. The van der Waals surface area contributed by atoms with Crippen molar-refractivity contribution in [3.05, 3.63) is 60.7 Å². The molecule has 0 heterocycles. The minimum atomic E-state index is -3.85. The molecule has 2 aromatic rings. The number of carbonyl (C=O) groups excluding carboxylic acids is 1. The summed E-state index contributed by atoms with van der Waals surface area (Å²) in [5, 5.41) is 1.98. The number of anilines is 1. The van der Waals surface area contributed by atoms with E-state index in [-0.39, 0.29) is 24.5 Å². The normalized spacial score (nSPS) is 23.2. The molecule has 132 valence electrons. The average molecular weight is 360 g/mol. The number of benzene rings is 2. The van der Waals surface area contributed by atoms with Gasteiger partial charge in [-0.25, -0.2) is 0 Å². The summed E-state index contributed by atoms with van der Waals surface area (Å²) in [5.74, 6) is -0.580. The lowest BCUT2D eigenvalue weighted by Gasteiger charge is -2.15. The van der Waals surface area contributed by atoms with Crippen molar-refractivity contribution >= 4 is 21.7 Å². The third kappa shape index (κ3) is 4.18. The summed E-state index contributed by atoms with van der Waals surface area (Å²) in [6.45, 7) is 0. The van der Waals surface area contributed by atoms with E-state index in [1.54, 1.807) is 42.5 Å². The Balaban J connectivity index is 1.67. The average Bonchev–Trinajstić information content (AvgIpc) is 2.99. The highest BCUT2D eigenvalue weighted by atomic mass is 32.2. The van der Waals surface area contributed by atoms with Gasteiger partial charge in [0.1, 0.15) is 5.75 Å². The maximum absolute atomic E-state index is 12.5. The fraction of sp³-hybridized carbons (Fsp3) is 0.278. The molecule has 3 atom stereocenters. The van der Waals surface area contributed by atoms with Crippen molar-refractivity contribution in [1.82, 2.24) is 0 Å². The Bertz CT molecular complexity index is 825. The van der Waals surface area contributed by atoms with Gasteiger partial charge in [0.25, 0.3) is 0 Å². The van der Waals surface area contributed by atoms with Crippen molar-refractivity contribution in [2.45, 2.75) is 24.1 Å². The zero-order valence-corrected chi connectivity index (χ0v) is 14.4. The highest BCUT2D eigenvalue weighted by Gasteiger charge is 2.43. The van der Waals surface area contributed by atoms with Crippen LogP contribution in [0, 0.1) is 5.92 Å². The molecule has 0 spiro atoms. The Morgan fingerprint density at radius 1 is 1.00 bits per heavy atom. The molecule has 6 nitrogen and oxygen atoms in total. The highest BCUT2D eigenvalue weighted by molar-refractivity contribution is 7.87. The summed E-state index contributed by atoms with van der Waals surface area (Å²) < 4.78 is 30.1. The van der Waals surface area contributed by atoms with Gasteiger partial charge in [0.15, 0.2) is 0 Å². The molecular weight excluding hydrogens is 340 g/mol. The SMILES string of the molecule is NC1CC(S(=O)(=O)Oc2ccccc2)CC1C(=O)Nc1ccccc1. The molecule has 0 radical (unpaired) electrons. The summed E-state index contributed by atoms with van der Waals surface area (Å²) in [7, 11) is -3.85. The van der Waals surface area contributed by atoms with Gasteiger partial charge in [0, 0.05) is 11.7 Å². The van der Waals surface area contributed by atoms with Crippen LogP contribution in [0.15, 0.2) is 60.7 Å². The quantitative estimate of drug-likeness (QED) is 0.796. The minimum Gasteiger partial charge on any atom is -0.382 e. The van der Waals surface area contributed by atoms with E-state index >= 15 is 0 Å². The molecule has 25 heavy (non-hydrogen) atoms. The van der Waals surface area contributed by atoms with Gasteiger partial charge in [0.05, 0.1) is 11.2 Å². The predicted molar refractivity (Wildman–Crippen MR) is 95.5 cm³/mol. The molecule has 0 bridgehead atoms. The van der Waals surface area contributed by atoms with E-state index in [4.69, 9.17) is 9.92 Å². The van der Waals surface area contributed by atoms with Crippen molar-refractivity contribution in [3.63, 3.8) is 0 Å². The van der Waals surface area contributed by atoms with Crippen molar-refractivity contribution in [1.29, 1.82) is 0 Å². The second kappa shape index (κ2) is 7.25. The van der Waals surface area contributed by atoms with Gasteiger partial charge in [0.2, 0.25) is 5.91 Å². The number of nitrogens with one attached hydrogen (secondary N) is 1. The molecule has 1 fully saturated rings. The second-order valence-electron chi connectivity index (χ2n) is 6.11. The number of nitrogens with two attached hydrogens (primary N) is 1. The number of hydrogen-bond donors (Lipinski definition) is 2. The molecule has 0 aromatic heterocycles. The van der Waals surface area contributed by atoms with Crippen LogP contribution in [0.25, 0.3) is 0 Å². The Morgan fingerprint density at radius 2 is 1.60 bits per heavy atom. The van der Waals surface area contributed by atoms with E-state index in [0.717, 1.165) is 0 Å². The Labute approximate surface area is 147 Å². The van der Waals surface area contributed by atoms with Crippen LogP contribution in [-0.4, -0.2) is 25.6 Å². The summed E-state index contributed by atoms with van der Waals surface area (Å²) in [6.07, 6.45) is 0.344. The molecule has 1 aliphatic carbocycles. The summed E-state index contributed by atoms with van der Waals surface area (Å²) in [5.41, 5.74) is 6.69. The fourth-order valence-corrected chi connectivity index (χ4v) is 4.41. The first-order valence-electron chi connectivity index (χ1n) is 8.05. The smallest absolute Gasteiger partial charge is 0.312 e. The number of rotatable bonds is 5. The molecule has 3 unspecified atom stereocenters. The number of hydrogen-bond acceptors (Lipinski definition) is 5. The molecule has 7 heteroatoms. The van der Waals surface area contributed by atoms with Crippen LogP contribution < -0.4 is 15.2 Å². The van der Waals surface area contributed by atoms with Gasteiger partial charge in [-0.3, -0.25) is 4.79 Å². The number of para-hydroxylation sites is 2. The Hall–Kier alpha value is -2.38. The monoisotopic (exact) mass is 360 g/mol. The highest BCUT2D eigenvalue weighted by Crippen LogP contribution is 2.32. The summed E-state index contributed by atoms with van der Waals surface area (Å²) in [6, 6.07) is 16.8. The predicted octanol–water partition coefficient (Wildman–Crippen LogP) is 2.14. The molecule has 1 aliphatic rings. The second-order valence-corrected chi connectivity index (χ2v) is 7.93. The third-order valence-electron chi connectivity index (χ3n) is 4.31. The number of carbonyl (C=O) groups is 1. The molecule has 0 aliphatic heterocycles. The molecule has 1 amide bonds. The van der Waals surface area contributed by atoms with Gasteiger partial charge in [-0.1, -0.05) is 36.4 Å². The molecule has 3 rings (SSSR count). The van der Waals surface area contributed by atoms with Crippen molar-refractivity contribution in [2.24, 2.45) is 11.7 Å².